The number of aromatic nitrogens is 2. The topological polar surface area (TPSA) is 96.9 Å². The molecule has 36 heavy (non-hydrogen) atoms. The number of para-hydroxylation sites is 1. The molecule has 6 heteroatoms. The molecule has 3 aromatic rings. The SMILES string of the molecule is CCCCCCCCCCCCCCCCNC(=O)c1coc(C(N)Cc2c[nH]c3ccccc23)n1. The third-order valence-corrected chi connectivity index (χ3v) is 7.00. The molecule has 0 aliphatic rings. The second kappa shape index (κ2) is 16.2. The molecule has 0 radical (unpaired) electrons. The van der Waals surface area contributed by atoms with Crippen molar-refractivity contribution in [1.29, 1.82) is 0 Å². The fourth-order valence-electron chi connectivity index (χ4n) is 4.80. The molecule has 0 fully saturated rings. The lowest BCUT2D eigenvalue weighted by Gasteiger charge is -2.06. The van der Waals surface area contributed by atoms with Gasteiger partial charge in [0.2, 0.25) is 5.89 Å². The average molecular weight is 495 g/mol. The van der Waals surface area contributed by atoms with Gasteiger partial charge in [-0.25, -0.2) is 4.98 Å². The van der Waals surface area contributed by atoms with Gasteiger partial charge in [0.25, 0.3) is 5.91 Å². The molecule has 4 N–H and O–H groups in total. The third-order valence-electron chi connectivity index (χ3n) is 7.00. The maximum atomic E-state index is 12.4. The van der Waals surface area contributed by atoms with Crippen LogP contribution in [-0.4, -0.2) is 22.4 Å². The Morgan fingerprint density at radius 1 is 0.944 bits per heavy atom. The molecule has 6 nitrogen and oxygen atoms in total. The largest absolute Gasteiger partial charge is 0.446 e. The first-order valence-corrected chi connectivity index (χ1v) is 14.2. The Morgan fingerprint density at radius 2 is 1.56 bits per heavy atom. The van der Waals surface area contributed by atoms with Gasteiger partial charge in [-0.15, -0.1) is 0 Å². The highest BCUT2D eigenvalue weighted by Gasteiger charge is 2.18. The lowest BCUT2D eigenvalue weighted by atomic mass is 10.0. The van der Waals surface area contributed by atoms with Gasteiger partial charge in [-0.2, -0.15) is 0 Å². The van der Waals surface area contributed by atoms with Crippen LogP contribution in [0.1, 0.15) is 125 Å². The molecular weight excluding hydrogens is 448 g/mol. The van der Waals surface area contributed by atoms with Crippen LogP contribution in [0.25, 0.3) is 10.9 Å². The standard InChI is InChI=1S/C30H46N4O2/c1-2-3-4-5-6-7-8-9-10-11-12-13-14-17-20-32-29(35)28-23-36-30(34-28)26(31)21-24-22-33-27-19-16-15-18-25(24)27/h15-16,18-19,22-23,26,33H,2-14,17,20-21,31H2,1H3,(H,32,35). The second-order valence-corrected chi connectivity index (χ2v) is 10.1. The van der Waals surface area contributed by atoms with Gasteiger partial charge in [-0.05, 0) is 24.5 Å². The fourth-order valence-corrected chi connectivity index (χ4v) is 4.80. The van der Waals surface area contributed by atoms with E-state index in [1.807, 2.05) is 24.4 Å². The van der Waals surface area contributed by atoms with Gasteiger partial charge >= 0.3 is 0 Å². The number of nitrogens with two attached hydrogens (primary N) is 1. The molecule has 1 amide bonds. The number of nitrogens with one attached hydrogen (secondary N) is 2. The minimum Gasteiger partial charge on any atom is -0.446 e. The molecule has 0 aliphatic heterocycles. The highest BCUT2D eigenvalue weighted by Crippen LogP contribution is 2.23. The molecule has 3 rings (SSSR count). The lowest BCUT2D eigenvalue weighted by molar-refractivity contribution is 0.0948. The fraction of sp³-hybridized carbons (Fsp3) is 0.600. The zero-order chi connectivity index (χ0) is 25.4. The first-order chi connectivity index (χ1) is 17.7. The van der Waals surface area contributed by atoms with E-state index in [1.165, 1.54) is 83.3 Å². The predicted octanol–water partition coefficient (Wildman–Crippen LogP) is 7.61. The van der Waals surface area contributed by atoms with Crippen molar-refractivity contribution in [2.24, 2.45) is 5.73 Å². The van der Waals surface area contributed by atoms with E-state index in [-0.39, 0.29) is 5.91 Å². The Kier molecular flexibility index (Phi) is 12.6. The number of carbonyl (C=O) groups is 1. The van der Waals surface area contributed by atoms with E-state index in [0.29, 0.717) is 24.6 Å². The summed E-state index contributed by atoms with van der Waals surface area (Å²) in [5.74, 6) is 0.195. The van der Waals surface area contributed by atoms with Crippen molar-refractivity contribution in [2.45, 2.75) is 109 Å². The predicted molar refractivity (Wildman–Crippen MR) is 148 cm³/mol. The number of amides is 1. The summed E-state index contributed by atoms with van der Waals surface area (Å²) >= 11 is 0. The van der Waals surface area contributed by atoms with Gasteiger partial charge in [0.05, 0.1) is 6.04 Å². The quantitative estimate of drug-likeness (QED) is 0.149. The summed E-state index contributed by atoms with van der Waals surface area (Å²) in [6, 6.07) is 7.71. The van der Waals surface area contributed by atoms with Crippen molar-refractivity contribution >= 4 is 16.8 Å². The van der Waals surface area contributed by atoms with Crippen LogP contribution < -0.4 is 11.1 Å². The van der Waals surface area contributed by atoms with Crippen molar-refractivity contribution in [3.05, 3.63) is 53.9 Å². The van der Waals surface area contributed by atoms with Crippen molar-refractivity contribution in [3.8, 4) is 0 Å². The summed E-state index contributed by atoms with van der Waals surface area (Å²) in [6.07, 6.45) is 22.5. The van der Waals surface area contributed by atoms with E-state index in [0.717, 1.165) is 29.3 Å². The summed E-state index contributed by atoms with van der Waals surface area (Å²) in [5, 5.41) is 4.10. The Morgan fingerprint density at radius 3 is 2.22 bits per heavy atom. The van der Waals surface area contributed by atoms with Crippen LogP contribution in [0.15, 0.2) is 41.1 Å². The van der Waals surface area contributed by atoms with Crippen molar-refractivity contribution < 1.29 is 9.21 Å². The number of hydrogen-bond donors (Lipinski definition) is 3. The summed E-state index contributed by atoms with van der Waals surface area (Å²) in [6.45, 7) is 2.94. The molecule has 0 aliphatic carbocycles. The smallest absolute Gasteiger partial charge is 0.273 e. The van der Waals surface area contributed by atoms with E-state index in [9.17, 15) is 4.79 Å². The number of hydrogen-bond acceptors (Lipinski definition) is 4. The van der Waals surface area contributed by atoms with E-state index in [1.54, 1.807) is 0 Å². The normalized spacial score (nSPS) is 12.3. The Hall–Kier alpha value is -2.60. The molecule has 1 aromatic carbocycles. The maximum Gasteiger partial charge on any atom is 0.273 e. The number of rotatable bonds is 19. The molecule has 0 bridgehead atoms. The van der Waals surface area contributed by atoms with Crippen LogP contribution in [0.2, 0.25) is 0 Å². The van der Waals surface area contributed by atoms with Crippen molar-refractivity contribution in [3.63, 3.8) is 0 Å². The second-order valence-electron chi connectivity index (χ2n) is 10.1. The first kappa shape index (κ1) is 28.0. The van der Waals surface area contributed by atoms with Crippen LogP contribution >= 0.6 is 0 Å². The van der Waals surface area contributed by atoms with E-state index in [2.05, 4.69) is 28.3 Å². The number of aromatic amines is 1. The number of nitrogens with zero attached hydrogens (tertiary/aromatic N) is 1. The highest BCUT2D eigenvalue weighted by atomic mass is 16.3. The van der Waals surface area contributed by atoms with Crippen LogP contribution in [0.5, 0.6) is 0 Å². The van der Waals surface area contributed by atoms with E-state index >= 15 is 0 Å². The number of unbranched alkanes of at least 4 members (excludes halogenated alkanes) is 13. The number of benzene rings is 1. The van der Waals surface area contributed by atoms with E-state index in [4.69, 9.17) is 10.2 Å². The van der Waals surface area contributed by atoms with Crippen molar-refractivity contribution in [1.82, 2.24) is 15.3 Å². The average Bonchev–Trinajstić information content (AvgIpc) is 3.54. The number of H-pyrrole nitrogens is 1. The lowest BCUT2D eigenvalue weighted by Crippen LogP contribution is -2.25. The van der Waals surface area contributed by atoms with Crippen LogP contribution in [-0.2, 0) is 6.42 Å². The molecule has 2 heterocycles. The van der Waals surface area contributed by atoms with Crippen LogP contribution in [0, 0.1) is 0 Å². The van der Waals surface area contributed by atoms with Gasteiger partial charge in [0.15, 0.2) is 5.69 Å². The van der Waals surface area contributed by atoms with Gasteiger partial charge in [-0.3, -0.25) is 4.79 Å². The minimum absolute atomic E-state index is 0.195. The summed E-state index contributed by atoms with van der Waals surface area (Å²) in [5.41, 5.74) is 8.81. The molecule has 1 atom stereocenters. The maximum absolute atomic E-state index is 12.4. The number of carbonyl (C=O) groups excluding carboxylic acids is 1. The molecule has 198 valence electrons. The summed E-state index contributed by atoms with van der Waals surface area (Å²) in [4.78, 5) is 20.0. The number of oxazole rings is 1. The molecule has 2 aromatic heterocycles. The summed E-state index contributed by atoms with van der Waals surface area (Å²) in [7, 11) is 0. The van der Waals surface area contributed by atoms with Gasteiger partial charge in [-0.1, -0.05) is 109 Å². The Bertz CT molecular complexity index is 1010. The molecule has 1 unspecified atom stereocenters. The minimum atomic E-state index is -0.406. The first-order valence-electron chi connectivity index (χ1n) is 14.2. The van der Waals surface area contributed by atoms with E-state index < -0.39 is 6.04 Å². The Balaban J connectivity index is 1.22. The van der Waals surface area contributed by atoms with Gasteiger partial charge in [0, 0.05) is 23.6 Å². The van der Waals surface area contributed by atoms with Crippen LogP contribution in [0.4, 0.5) is 0 Å². The number of fused-ring (bicyclic) bond motifs is 1. The monoisotopic (exact) mass is 494 g/mol. The summed E-state index contributed by atoms with van der Waals surface area (Å²) < 4.78 is 5.53. The highest BCUT2D eigenvalue weighted by molar-refractivity contribution is 5.91. The van der Waals surface area contributed by atoms with Gasteiger partial charge < -0.3 is 20.5 Å². The molecule has 0 saturated heterocycles. The third kappa shape index (κ3) is 9.45. The zero-order valence-corrected chi connectivity index (χ0v) is 22.2. The van der Waals surface area contributed by atoms with Gasteiger partial charge in [0.1, 0.15) is 6.26 Å². The van der Waals surface area contributed by atoms with Crippen LogP contribution in [0.3, 0.4) is 0 Å². The Labute approximate surface area is 216 Å². The molecule has 0 spiro atoms. The zero-order valence-electron chi connectivity index (χ0n) is 22.2. The molecular formula is C30H46N4O2. The molecule has 0 saturated carbocycles. The van der Waals surface area contributed by atoms with Crippen molar-refractivity contribution in [2.75, 3.05) is 6.54 Å².